The van der Waals surface area contributed by atoms with Gasteiger partial charge in [0.05, 0.1) is 13.2 Å². The monoisotopic (exact) mass is 516 g/mol. The lowest BCUT2D eigenvalue weighted by Gasteiger charge is -2.33. The van der Waals surface area contributed by atoms with E-state index in [9.17, 15) is 4.39 Å². The zero-order valence-corrected chi connectivity index (χ0v) is 19.7. The number of guanidine groups is 1. The van der Waals surface area contributed by atoms with Crippen LogP contribution in [0.5, 0.6) is 0 Å². The van der Waals surface area contributed by atoms with Crippen molar-refractivity contribution in [1.29, 1.82) is 0 Å². The van der Waals surface area contributed by atoms with E-state index in [2.05, 4.69) is 28.5 Å². The minimum atomic E-state index is -0.171. The summed E-state index contributed by atoms with van der Waals surface area (Å²) < 4.78 is 18.4. The molecule has 0 unspecified atom stereocenters. The number of rotatable bonds is 7. The first kappa shape index (κ1) is 24.1. The third-order valence-electron chi connectivity index (χ3n) is 5.35. The third kappa shape index (κ3) is 8.60. The van der Waals surface area contributed by atoms with Gasteiger partial charge in [0.25, 0.3) is 0 Å². The number of nitrogens with zero attached hydrogens (tertiary/aromatic N) is 2. The zero-order valence-electron chi connectivity index (χ0n) is 17.3. The van der Waals surface area contributed by atoms with Crippen LogP contribution in [0.2, 0.25) is 0 Å². The highest BCUT2D eigenvalue weighted by Crippen LogP contribution is 2.15. The van der Waals surface area contributed by atoms with Crippen LogP contribution in [0.25, 0.3) is 0 Å². The fraction of sp³-hybridized carbons (Fsp3) is 0.591. The van der Waals surface area contributed by atoms with Crippen molar-refractivity contribution in [2.75, 3.05) is 39.4 Å². The van der Waals surface area contributed by atoms with Gasteiger partial charge in [-0.15, -0.1) is 24.0 Å². The molecule has 0 aliphatic carbocycles. The highest BCUT2D eigenvalue weighted by atomic mass is 127. The van der Waals surface area contributed by atoms with Gasteiger partial charge in [0.1, 0.15) is 5.82 Å². The fourth-order valence-corrected chi connectivity index (χ4v) is 3.70. The van der Waals surface area contributed by atoms with Gasteiger partial charge in [-0.3, -0.25) is 9.89 Å². The summed E-state index contributed by atoms with van der Waals surface area (Å²) in [6.45, 7) is 8.33. The Bertz CT molecular complexity index is 657. The topological polar surface area (TPSA) is 48.9 Å². The van der Waals surface area contributed by atoms with E-state index in [0.717, 1.165) is 77.6 Å². The summed E-state index contributed by atoms with van der Waals surface area (Å²) in [6.07, 6.45) is 6.42. The van der Waals surface area contributed by atoms with Gasteiger partial charge in [0.15, 0.2) is 5.96 Å². The molecule has 2 aliphatic rings. The Morgan fingerprint density at radius 2 is 2.00 bits per heavy atom. The fourth-order valence-electron chi connectivity index (χ4n) is 3.70. The predicted molar refractivity (Wildman–Crippen MR) is 127 cm³/mol. The molecule has 7 heteroatoms. The average molecular weight is 516 g/mol. The number of hydrogen-bond donors (Lipinski definition) is 2. The number of likely N-dealkylation sites (tertiary alicyclic amines) is 1. The first-order chi connectivity index (χ1) is 13.7. The normalized spacial score (nSPS) is 18.7. The van der Waals surface area contributed by atoms with Crippen LogP contribution in [0.3, 0.4) is 0 Å². The van der Waals surface area contributed by atoms with Crippen LogP contribution in [-0.2, 0) is 11.3 Å². The Morgan fingerprint density at radius 3 is 2.66 bits per heavy atom. The van der Waals surface area contributed by atoms with E-state index in [1.165, 1.54) is 11.1 Å². The standard InChI is InChI=1S/C22H33FN4O.HI/c1-2-24-22(25-12-7-18-10-15-28-16-11-18)26-21-8-13-27(14-9-21)17-19-3-5-20(23)6-4-19;/h3-6,10,21H,2,7-9,11-17H2,1H3,(H2,24,25,26);1H. The minimum Gasteiger partial charge on any atom is -0.377 e. The maximum absolute atomic E-state index is 13.0. The molecule has 0 spiro atoms. The van der Waals surface area contributed by atoms with Crippen molar-refractivity contribution in [2.45, 2.75) is 45.2 Å². The minimum absolute atomic E-state index is 0. The molecule has 0 aromatic heterocycles. The molecule has 5 nitrogen and oxygen atoms in total. The second kappa shape index (κ2) is 13.2. The summed E-state index contributed by atoms with van der Waals surface area (Å²) in [6, 6.07) is 7.29. The van der Waals surface area contributed by atoms with Crippen LogP contribution >= 0.6 is 24.0 Å². The summed E-state index contributed by atoms with van der Waals surface area (Å²) >= 11 is 0. The van der Waals surface area contributed by atoms with Gasteiger partial charge < -0.3 is 15.4 Å². The van der Waals surface area contributed by atoms with Gasteiger partial charge in [-0.1, -0.05) is 23.8 Å². The second-order valence-corrected chi connectivity index (χ2v) is 7.52. The smallest absolute Gasteiger partial charge is 0.191 e. The number of aliphatic imine (C=N–C) groups is 1. The summed E-state index contributed by atoms with van der Waals surface area (Å²) in [5.74, 6) is 0.752. The summed E-state index contributed by atoms with van der Waals surface area (Å²) in [4.78, 5) is 7.20. The van der Waals surface area contributed by atoms with Gasteiger partial charge in [-0.25, -0.2) is 4.39 Å². The van der Waals surface area contributed by atoms with Gasteiger partial charge >= 0.3 is 0 Å². The highest BCUT2D eigenvalue weighted by molar-refractivity contribution is 14.0. The van der Waals surface area contributed by atoms with Crippen LogP contribution in [0.15, 0.2) is 40.9 Å². The molecule has 1 aromatic carbocycles. The molecule has 0 radical (unpaired) electrons. The van der Waals surface area contributed by atoms with Crippen LogP contribution in [0.4, 0.5) is 4.39 Å². The molecule has 1 fully saturated rings. The van der Waals surface area contributed by atoms with Crippen molar-refractivity contribution in [2.24, 2.45) is 4.99 Å². The Morgan fingerprint density at radius 1 is 1.24 bits per heavy atom. The maximum atomic E-state index is 13.0. The van der Waals surface area contributed by atoms with Crippen molar-refractivity contribution < 1.29 is 9.13 Å². The van der Waals surface area contributed by atoms with Crippen LogP contribution < -0.4 is 10.6 Å². The first-order valence-corrected chi connectivity index (χ1v) is 10.5. The molecule has 0 amide bonds. The quantitative estimate of drug-likeness (QED) is 0.251. The Hall–Kier alpha value is -1.19. The summed E-state index contributed by atoms with van der Waals surface area (Å²) in [5, 5.41) is 6.97. The van der Waals surface area contributed by atoms with Crippen LogP contribution in [0.1, 0.15) is 38.2 Å². The van der Waals surface area contributed by atoms with E-state index in [1.54, 1.807) is 12.1 Å². The number of halogens is 2. The van der Waals surface area contributed by atoms with E-state index in [4.69, 9.17) is 9.73 Å². The molecule has 2 aliphatic heterocycles. The Balaban J connectivity index is 0.00000300. The largest absolute Gasteiger partial charge is 0.377 e. The van der Waals surface area contributed by atoms with Gasteiger partial charge in [-0.05, 0) is 50.3 Å². The number of nitrogens with one attached hydrogen (secondary N) is 2. The van der Waals surface area contributed by atoms with Crippen molar-refractivity contribution >= 4 is 29.9 Å². The molecule has 3 rings (SSSR count). The molecule has 0 bridgehead atoms. The van der Waals surface area contributed by atoms with Crippen molar-refractivity contribution in [3.05, 3.63) is 47.3 Å². The number of piperidine rings is 1. The Labute approximate surface area is 191 Å². The molecule has 0 atom stereocenters. The van der Waals surface area contributed by atoms with E-state index in [1.807, 2.05) is 12.1 Å². The maximum Gasteiger partial charge on any atom is 0.191 e. The molecule has 29 heavy (non-hydrogen) atoms. The van der Waals surface area contributed by atoms with Crippen molar-refractivity contribution in [3.8, 4) is 0 Å². The molecule has 1 aromatic rings. The first-order valence-electron chi connectivity index (χ1n) is 10.5. The van der Waals surface area contributed by atoms with Gasteiger partial charge in [0, 0.05) is 38.8 Å². The zero-order chi connectivity index (χ0) is 19.6. The highest BCUT2D eigenvalue weighted by Gasteiger charge is 2.20. The lowest BCUT2D eigenvalue weighted by atomic mass is 10.0. The molecule has 0 saturated carbocycles. The number of hydrogen-bond acceptors (Lipinski definition) is 3. The van der Waals surface area contributed by atoms with Crippen LogP contribution in [-0.4, -0.2) is 56.3 Å². The molecule has 1 saturated heterocycles. The van der Waals surface area contributed by atoms with Crippen molar-refractivity contribution in [3.63, 3.8) is 0 Å². The van der Waals surface area contributed by atoms with E-state index in [-0.39, 0.29) is 29.8 Å². The Kier molecular flexibility index (Phi) is 10.9. The third-order valence-corrected chi connectivity index (χ3v) is 5.35. The predicted octanol–water partition coefficient (Wildman–Crippen LogP) is 3.70. The van der Waals surface area contributed by atoms with Crippen LogP contribution in [0, 0.1) is 5.82 Å². The number of ether oxygens (including phenoxy) is 1. The molecule has 162 valence electrons. The summed E-state index contributed by atoms with van der Waals surface area (Å²) in [5.41, 5.74) is 2.63. The summed E-state index contributed by atoms with van der Waals surface area (Å²) in [7, 11) is 0. The van der Waals surface area contributed by atoms with Gasteiger partial charge in [0.2, 0.25) is 0 Å². The van der Waals surface area contributed by atoms with E-state index >= 15 is 0 Å². The second-order valence-electron chi connectivity index (χ2n) is 7.52. The average Bonchev–Trinajstić information content (AvgIpc) is 2.72. The SMILES string of the molecule is CCNC(=NCCC1=CCOCC1)NC1CCN(Cc2ccc(F)cc2)CC1.I. The molecular weight excluding hydrogens is 482 g/mol. The number of benzene rings is 1. The lowest BCUT2D eigenvalue weighted by molar-refractivity contribution is 0.153. The lowest BCUT2D eigenvalue weighted by Crippen LogP contribution is -2.48. The molecule has 2 N–H and O–H groups in total. The van der Waals surface area contributed by atoms with Crippen molar-refractivity contribution in [1.82, 2.24) is 15.5 Å². The molecule has 2 heterocycles. The van der Waals surface area contributed by atoms with E-state index in [0.29, 0.717) is 6.04 Å². The van der Waals surface area contributed by atoms with Gasteiger partial charge in [-0.2, -0.15) is 0 Å². The van der Waals surface area contributed by atoms with E-state index < -0.39 is 0 Å². The molecular formula is C22H34FIN4O.